The van der Waals surface area contributed by atoms with Gasteiger partial charge in [0.05, 0.1) is 13.3 Å². The third kappa shape index (κ3) is 5.20. The molecule has 0 amide bonds. The number of hydrogen-bond acceptors (Lipinski definition) is 6. The molecule has 0 aliphatic heterocycles. The normalized spacial score (nSPS) is 12.2. The zero-order chi connectivity index (χ0) is 20.9. The average Bonchev–Trinajstić information content (AvgIpc) is 3.04. The van der Waals surface area contributed by atoms with Gasteiger partial charge in [0.2, 0.25) is 10.4 Å². The van der Waals surface area contributed by atoms with Crippen LogP contribution in [-0.4, -0.2) is 32.0 Å². The van der Waals surface area contributed by atoms with E-state index in [1.807, 2.05) is 48.3 Å². The van der Waals surface area contributed by atoms with Crippen LogP contribution in [0.5, 0.6) is 0 Å². The van der Waals surface area contributed by atoms with Gasteiger partial charge in [-0.15, -0.1) is 5.10 Å². The second-order valence-electron chi connectivity index (χ2n) is 6.16. The van der Waals surface area contributed by atoms with Gasteiger partial charge >= 0.3 is 0 Å². The van der Waals surface area contributed by atoms with Crippen LogP contribution in [0.2, 0.25) is 0 Å². The van der Waals surface area contributed by atoms with Gasteiger partial charge in [0.25, 0.3) is 0 Å². The lowest BCUT2D eigenvalue weighted by Gasteiger charge is -1.98. The molecular formula is C21H19N3O4S. The maximum atomic E-state index is 9.22. The minimum Gasteiger partial charge on any atom is -0.726 e. The van der Waals surface area contributed by atoms with E-state index in [9.17, 15) is 13.0 Å². The Kier molecular flexibility index (Phi) is 6.28. The van der Waals surface area contributed by atoms with Crippen LogP contribution in [0.4, 0.5) is 0 Å². The molecule has 7 nitrogen and oxygen atoms in total. The Balaban J connectivity index is 0.000000353. The molecule has 1 aliphatic carbocycles. The first-order chi connectivity index (χ1) is 13.9. The number of pyridine rings is 1. The number of aromatic nitrogens is 1. The molecule has 3 aromatic rings. The summed E-state index contributed by atoms with van der Waals surface area (Å²) in [6, 6.07) is 20.7. The molecule has 0 fully saturated rings. The molecule has 1 heterocycles. The SMILES string of the molecule is COS(=O)(=O)[O-].C[n+]1ccc(C=NN=C2c3ccccc3-c3ccccc32)cc1. The number of fused-ring (bicyclic) bond motifs is 3. The fourth-order valence-electron chi connectivity index (χ4n) is 2.85. The molecule has 1 aliphatic rings. The van der Waals surface area contributed by atoms with E-state index in [1.165, 1.54) is 11.1 Å². The molecule has 0 spiro atoms. The Bertz CT molecular complexity index is 1120. The number of aryl methyl sites for hydroxylation is 1. The van der Waals surface area contributed by atoms with Gasteiger partial charge in [0.1, 0.15) is 12.8 Å². The van der Waals surface area contributed by atoms with Gasteiger partial charge in [0, 0.05) is 28.8 Å². The summed E-state index contributed by atoms with van der Waals surface area (Å²) < 4.78 is 33.0. The van der Waals surface area contributed by atoms with Crippen LogP contribution in [0, 0.1) is 0 Å². The van der Waals surface area contributed by atoms with Crippen molar-refractivity contribution in [1.29, 1.82) is 0 Å². The van der Waals surface area contributed by atoms with Crippen LogP contribution >= 0.6 is 0 Å². The van der Waals surface area contributed by atoms with Crippen molar-refractivity contribution in [3.05, 3.63) is 89.7 Å². The molecule has 29 heavy (non-hydrogen) atoms. The predicted molar refractivity (Wildman–Crippen MR) is 109 cm³/mol. The second kappa shape index (κ2) is 8.87. The average molecular weight is 409 g/mol. The van der Waals surface area contributed by atoms with Crippen LogP contribution < -0.4 is 4.57 Å². The smallest absolute Gasteiger partial charge is 0.217 e. The van der Waals surface area contributed by atoms with E-state index >= 15 is 0 Å². The third-order valence-electron chi connectivity index (χ3n) is 4.23. The maximum absolute atomic E-state index is 9.22. The van der Waals surface area contributed by atoms with Gasteiger partial charge < -0.3 is 4.55 Å². The van der Waals surface area contributed by atoms with Crippen LogP contribution in [0.25, 0.3) is 11.1 Å². The van der Waals surface area contributed by atoms with Crippen molar-refractivity contribution < 1.29 is 21.7 Å². The zero-order valence-electron chi connectivity index (χ0n) is 15.9. The molecule has 0 saturated heterocycles. The third-order valence-corrected chi connectivity index (χ3v) is 4.64. The number of nitrogens with zero attached hydrogens (tertiary/aromatic N) is 3. The summed E-state index contributed by atoms with van der Waals surface area (Å²) in [4.78, 5) is 0. The first kappa shape index (κ1) is 20.5. The molecule has 0 saturated carbocycles. The summed E-state index contributed by atoms with van der Waals surface area (Å²) in [5, 5.41) is 8.81. The van der Waals surface area contributed by atoms with Gasteiger partial charge in [-0.2, -0.15) is 5.10 Å². The van der Waals surface area contributed by atoms with E-state index in [0.29, 0.717) is 0 Å². The Morgan fingerprint density at radius 1 is 0.897 bits per heavy atom. The van der Waals surface area contributed by atoms with Gasteiger partial charge in [-0.25, -0.2) is 13.0 Å². The molecular weight excluding hydrogens is 390 g/mol. The van der Waals surface area contributed by atoms with Gasteiger partial charge in [-0.1, -0.05) is 48.5 Å². The van der Waals surface area contributed by atoms with Crippen molar-refractivity contribution in [2.75, 3.05) is 7.11 Å². The van der Waals surface area contributed by atoms with Crippen molar-refractivity contribution in [1.82, 2.24) is 0 Å². The molecule has 0 N–H and O–H groups in total. The number of benzene rings is 2. The summed E-state index contributed by atoms with van der Waals surface area (Å²) in [6.45, 7) is 0. The topological polar surface area (TPSA) is 95.0 Å². The first-order valence-corrected chi connectivity index (χ1v) is 9.99. The highest BCUT2D eigenvalue weighted by atomic mass is 32.3. The van der Waals surface area contributed by atoms with Crippen molar-refractivity contribution in [2.45, 2.75) is 0 Å². The number of hydrogen-bond donors (Lipinski definition) is 0. The Labute approximate surface area is 169 Å². The van der Waals surface area contributed by atoms with Crippen LogP contribution in [0.15, 0.2) is 83.3 Å². The van der Waals surface area contributed by atoms with Gasteiger partial charge in [-0.3, -0.25) is 4.18 Å². The van der Waals surface area contributed by atoms with Crippen molar-refractivity contribution in [2.24, 2.45) is 17.3 Å². The summed E-state index contributed by atoms with van der Waals surface area (Å²) in [7, 11) is -1.61. The fraction of sp³-hybridized carbons (Fsp3) is 0.0952. The summed E-state index contributed by atoms with van der Waals surface area (Å²) in [5.41, 5.74) is 6.71. The lowest BCUT2D eigenvalue weighted by molar-refractivity contribution is -0.671. The molecule has 1 aromatic heterocycles. The van der Waals surface area contributed by atoms with E-state index in [2.05, 4.69) is 50.8 Å². The van der Waals surface area contributed by atoms with Crippen LogP contribution in [0.1, 0.15) is 16.7 Å². The lowest BCUT2D eigenvalue weighted by Crippen LogP contribution is -2.25. The van der Waals surface area contributed by atoms with Gasteiger partial charge in [-0.05, 0) is 11.1 Å². The minimum absolute atomic E-state index is 0.808. The van der Waals surface area contributed by atoms with E-state index in [0.717, 1.165) is 29.5 Å². The second-order valence-corrected chi connectivity index (χ2v) is 7.31. The van der Waals surface area contributed by atoms with E-state index in [-0.39, 0.29) is 0 Å². The molecule has 0 radical (unpaired) electrons. The monoisotopic (exact) mass is 409 g/mol. The van der Waals surface area contributed by atoms with Crippen LogP contribution in [-0.2, 0) is 21.6 Å². The lowest BCUT2D eigenvalue weighted by atomic mass is 10.1. The maximum Gasteiger partial charge on any atom is 0.217 e. The quantitative estimate of drug-likeness (QED) is 0.171. The van der Waals surface area contributed by atoms with Crippen molar-refractivity contribution in [3.63, 3.8) is 0 Å². The molecule has 0 atom stereocenters. The van der Waals surface area contributed by atoms with E-state index in [1.54, 1.807) is 6.21 Å². The molecule has 148 valence electrons. The highest BCUT2D eigenvalue weighted by molar-refractivity contribution is 7.80. The van der Waals surface area contributed by atoms with Crippen molar-refractivity contribution in [3.8, 4) is 11.1 Å². The van der Waals surface area contributed by atoms with E-state index in [4.69, 9.17) is 0 Å². The Morgan fingerprint density at radius 2 is 1.34 bits per heavy atom. The molecule has 0 unspecified atom stereocenters. The largest absolute Gasteiger partial charge is 0.726 e. The summed E-state index contributed by atoms with van der Waals surface area (Å²) in [5.74, 6) is 0. The van der Waals surface area contributed by atoms with Crippen molar-refractivity contribution >= 4 is 22.3 Å². The zero-order valence-corrected chi connectivity index (χ0v) is 16.7. The molecule has 0 bridgehead atoms. The first-order valence-electron chi connectivity index (χ1n) is 8.66. The molecule has 8 heteroatoms. The summed E-state index contributed by atoms with van der Waals surface area (Å²) in [6.07, 6.45) is 5.78. The molecule has 4 rings (SSSR count). The van der Waals surface area contributed by atoms with E-state index < -0.39 is 10.4 Å². The highest BCUT2D eigenvalue weighted by Gasteiger charge is 2.23. The number of rotatable bonds is 3. The Hall–Kier alpha value is -3.20. The molecule has 2 aromatic carbocycles. The summed E-state index contributed by atoms with van der Waals surface area (Å²) >= 11 is 0. The fourth-order valence-corrected chi connectivity index (χ4v) is 2.85. The highest BCUT2D eigenvalue weighted by Crippen LogP contribution is 2.36. The van der Waals surface area contributed by atoms with Gasteiger partial charge in [0.15, 0.2) is 12.4 Å². The predicted octanol–water partition coefficient (Wildman–Crippen LogP) is 2.46. The Morgan fingerprint density at radius 3 is 1.79 bits per heavy atom. The minimum atomic E-state index is -4.41. The standard InChI is InChI=1S/C20H16N3.CH4O4S/c1-23-12-10-15(11-13-23)14-21-22-20-18-8-4-2-6-16(18)17-7-3-5-9-19(17)20;1-5-6(2,3)4/h2-14H,1H3;1H3,(H,2,3,4)/q+1;/p-1. The van der Waals surface area contributed by atoms with Crippen LogP contribution in [0.3, 0.4) is 0 Å².